The Morgan fingerprint density at radius 1 is 1.17 bits per heavy atom. The number of rotatable bonds is 0. The predicted octanol–water partition coefficient (Wildman–Crippen LogP) is -1.63. The molecule has 0 aromatic carbocycles. The molecule has 3 N–H and O–H groups in total. The van der Waals surface area contributed by atoms with Crippen LogP contribution in [0.15, 0.2) is 0 Å². The van der Waals surface area contributed by atoms with Crippen LogP contribution in [0.1, 0.15) is 0 Å². The van der Waals surface area contributed by atoms with Crippen molar-refractivity contribution in [3.8, 4) is 0 Å². The maximum atomic E-state index is 9.31. The molecule has 6 heteroatoms. The molecule has 0 atom stereocenters. The summed E-state index contributed by atoms with van der Waals surface area (Å²) in [6, 6.07) is 0. The Hall–Kier alpha value is 0.615. The Labute approximate surface area is 47.6 Å². The van der Waals surface area contributed by atoms with Crippen LogP contribution >= 0.6 is 0 Å². The van der Waals surface area contributed by atoms with Crippen LogP contribution in [0.2, 0.25) is 0 Å². The summed E-state index contributed by atoms with van der Waals surface area (Å²) >= 11 is 1.45. The van der Waals surface area contributed by atoms with Gasteiger partial charge in [0.05, 0.1) is 0 Å². The van der Waals surface area contributed by atoms with Crippen molar-refractivity contribution >= 4 is 7.32 Å². The molecule has 0 saturated carbocycles. The molecule has 0 rings (SSSR count). The molecule has 0 unspecified atom stereocenters. The topological polar surface area (TPSA) is 60.7 Å². The van der Waals surface area contributed by atoms with Gasteiger partial charge in [-0.15, -0.1) is 0 Å². The van der Waals surface area contributed by atoms with Gasteiger partial charge in [0.2, 0.25) is 0 Å². The third kappa shape index (κ3) is 159. The fraction of sp³-hybridized carbons (Fsp3) is 0. The second-order valence-electron chi connectivity index (χ2n) is 0.346. The molecule has 0 amide bonds. The van der Waals surface area contributed by atoms with Gasteiger partial charge in [0.15, 0.2) is 0 Å². The summed E-state index contributed by atoms with van der Waals surface area (Å²) in [4.78, 5) is 0. The van der Waals surface area contributed by atoms with Gasteiger partial charge in [0.25, 0.3) is 0 Å². The van der Waals surface area contributed by atoms with Crippen LogP contribution < -0.4 is 0 Å². The molecule has 0 aliphatic carbocycles. The van der Waals surface area contributed by atoms with E-state index < -0.39 is 7.32 Å². The van der Waals surface area contributed by atoms with Crippen molar-refractivity contribution in [1.82, 2.24) is 0 Å². The number of hydrogen-bond acceptors (Lipinski definition) is 3. The van der Waals surface area contributed by atoms with Gasteiger partial charge < -0.3 is 15.1 Å². The van der Waals surface area contributed by atoms with Crippen LogP contribution in [0.4, 0.5) is 3.02 Å². The van der Waals surface area contributed by atoms with E-state index in [1.165, 1.54) is 21.6 Å². The first kappa shape index (κ1) is 9.79. The molecule has 42 valence electrons. The van der Waals surface area contributed by atoms with E-state index in [9.17, 15) is 3.02 Å². The molecule has 0 aliphatic rings. The molecule has 0 aliphatic heterocycles. The van der Waals surface area contributed by atoms with Crippen LogP contribution in [0.5, 0.6) is 0 Å². The van der Waals surface area contributed by atoms with Crippen molar-refractivity contribution in [2.75, 3.05) is 0 Å². The zero-order valence-electron chi connectivity index (χ0n) is 2.60. The van der Waals surface area contributed by atoms with Crippen molar-refractivity contribution in [2.24, 2.45) is 0 Å². The van der Waals surface area contributed by atoms with E-state index in [2.05, 4.69) is 0 Å². The summed E-state index contributed by atoms with van der Waals surface area (Å²) in [5.74, 6) is 0. The van der Waals surface area contributed by atoms with E-state index in [-0.39, 0.29) is 0 Å². The number of hydrogen-bond donors (Lipinski definition) is 3. The SMILES string of the molecule is OB(O)O.[F][Ag]. The van der Waals surface area contributed by atoms with Gasteiger partial charge in [-0.1, -0.05) is 0 Å². The Morgan fingerprint density at radius 2 is 1.17 bits per heavy atom. The molecule has 0 radical (unpaired) electrons. The fourth-order valence-corrected chi connectivity index (χ4v) is 0. The third-order valence-corrected chi connectivity index (χ3v) is 0. The predicted molar refractivity (Wildman–Crippen MR) is 13.5 cm³/mol. The van der Waals surface area contributed by atoms with Crippen LogP contribution in [0.25, 0.3) is 0 Å². The van der Waals surface area contributed by atoms with Crippen molar-refractivity contribution in [3.63, 3.8) is 0 Å². The van der Waals surface area contributed by atoms with Crippen molar-refractivity contribution in [2.45, 2.75) is 0 Å². The molecule has 0 aromatic rings. The summed E-state index contributed by atoms with van der Waals surface area (Å²) in [6.07, 6.45) is 0. The van der Waals surface area contributed by atoms with Crippen molar-refractivity contribution < 1.29 is 39.7 Å². The third-order valence-electron chi connectivity index (χ3n) is 0. The second-order valence-corrected chi connectivity index (χ2v) is 0.346. The van der Waals surface area contributed by atoms with E-state index in [0.717, 1.165) is 0 Å². The first-order valence-corrected chi connectivity index (χ1v) is 1.45. The van der Waals surface area contributed by atoms with E-state index >= 15 is 0 Å². The Balaban J connectivity index is 0. The minimum absolute atomic E-state index is 1.45. The standard InChI is InChI=1S/Ag.BH3O3.FH/c;2-1(3)4;/h;2-4H;1H/q+1;;/p-1. The Bertz CT molecular complexity index is 15.5. The minimum atomic E-state index is -2.17. The first-order chi connectivity index (χ1) is 2.73. The van der Waals surface area contributed by atoms with Crippen molar-refractivity contribution in [3.05, 3.63) is 0 Å². The summed E-state index contributed by atoms with van der Waals surface area (Å²) in [5, 5.41) is 21.5. The molecule has 0 bridgehead atoms. The van der Waals surface area contributed by atoms with Gasteiger partial charge in [-0.2, -0.15) is 0 Å². The van der Waals surface area contributed by atoms with Gasteiger partial charge in [-0.25, -0.2) is 0 Å². The van der Waals surface area contributed by atoms with E-state index in [4.69, 9.17) is 15.1 Å². The molecule has 0 spiro atoms. The average Bonchev–Trinajstić information content (AvgIpc) is 1.41. The Kier molecular flexibility index (Phi) is 14.9. The van der Waals surface area contributed by atoms with Gasteiger partial charge in [0.1, 0.15) is 0 Å². The molecule has 0 fully saturated rings. The quantitative estimate of drug-likeness (QED) is 0.400. The normalized spacial score (nSPS) is 5.67. The van der Waals surface area contributed by atoms with Crippen LogP contribution in [-0.4, -0.2) is 22.4 Å². The average molecular weight is 189 g/mol. The zero-order chi connectivity index (χ0) is 5.58. The molecular formula is H3AgBFO3. The molecular weight excluding hydrogens is 186 g/mol. The van der Waals surface area contributed by atoms with Gasteiger partial charge in [0, 0.05) is 0 Å². The second kappa shape index (κ2) is 9.15. The van der Waals surface area contributed by atoms with Crippen LogP contribution in [0.3, 0.4) is 0 Å². The summed E-state index contributed by atoms with van der Waals surface area (Å²) < 4.78 is 9.31. The van der Waals surface area contributed by atoms with Crippen LogP contribution in [-0.2, 0) is 21.6 Å². The Morgan fingerprint density at radius 3 is 1.17 bits per heavy atom. The molecule has 0 aromatic heterocycles. The monoisotopic (exact) mass is 188 g/mol. The van der Waals surface area contributed by atoms with Gasteiger partial charge >= 0.3 is 32.0 Å². The van der Waals surface area contributed by atoms with Gasteiger partial charge in [-0.3, -0.25) is 0 Å². The zero-order valence-corrected chi connectivity index (χ0v) is 4.08. The summed E-state index contributed by atoms with van der Waals surface area (Å²) in [5.41, 5.74) is 0. The molecule has 0 saturated heterocycles. The van der Waals surface area contributed by atoms with Crippen LogP contribution in [0, 0.1) is 0 Å². The molecule has 6 heavy (non-hydrogen) atoms. The van der Waals surface area contributed by atoms with E-state index in [1.807, 2.05) is 0 Å². The van der Waals surface area contributed by atoms with E-state index in [0.29, 0.717) is 0 Å². The maximum absolute atomic E-state index is 9.31. The van der Waals surface area contributed by atoms with Gasteiger partial charge in [-0.05, 0) is 0 Å². The molecule has 3 nitrogen and oxygen atoms in total. The van der Waals surface area contributed by atoms with E-state index in [1.54, 1.807) is 0 Å². The first-order valence-electron chi connectivity index (χ1n) is 0.889. The summed E-state index contributed by atoms with van der Waals surface area (Å²) in [6.45, 7) is 0. The fourth-order valence-electron chi connectivity index (χ4n) is 0. The molecule has 0 heterocycles. The number of halogens is 1. The summed E-state index contributed by atoms with van der Waals surface area (Å²) in [7, 11) is -2.17. The van der Waals surface area contributed by atoms with Crippen molar-refractivity contribution in [1.29, 1.82) is 0 Å².